The summed E-state index contributed by atoms with van der Waals surface area (Å²) in [6.07, 6.45) is 0.834. The second-order valence-corrected chi connectivity index (χ2v) is 5.21. The zero-order valence-electron chi connectivity index (χ0n) is 11.1. The first-order valence-corrected chi connectivity index (χ1v) is 6.06. The average Bonchev–Trinajstić information content (AvgIpc) is 2.37. The maximum Gasteiger partial charge on any atom is 0.279 e. The highest BCUT2D eigenvalue weighted by molar-refractivity contribution is 4.87. The third kappa shape index (κ3) is 2.63. The molecule has 2 aliphatic heterocycles. The van der Waals surface area contributed by atoms with E-state index >= 15 is 0 Å². The summed E-state index contributed by atoms with van der Waals surface area (Å²) in [5.74, 6) is -1.40. The minimum atomic E-state index is -0.934. The van der Waals surface area contributed by atoms with Crippen LogP contribution in [0.25, 0.3) is 0 Å². The Hall–Kier alpha value is -0.200. The molecular formula is C12H22O5. The third-order valence-corrected chi connectivity index (χ3v) is 3.66. The lowest BCUT2D eigenvalue weighted by Crippen LogP contribution is -2.58. The Bertz CT molecular complexity index is 231. The van der Waals surface area contributed by atoms with Gasteiger partial charge in [-0.05, 0) is 13.3 Å². The van der Waals surface area contributed by atoms with Crippen LogP contribution in [0.5, 0.6) is 0 Å². The average molecular weight is 246 g/mol. The Morgan fingerprint density at radius 1 is 0.941 bits per heavy atom. The number of hydrogen-bond acceptors (Lipinski definition) is 5. The van der Waals surface area contributed by atoms with E-state index in [1.54, 1.807) is 14.0 Å². The van der Waals surface area contributed by atoms with E-state index in [-0.39, 0.29) is 5.41 Å². The van der Waals surface area contributed by atoms with Crippen LogP contribution in [0.3, 0.4) is 0 Å². The summed E-state index contributed by atoms with van der Waals surface area (Å²) in [5.41, 5.74) is -0.202. The highest BCUT2D eigenvalue weighted by atomic mass is 16.9. The second kappa shape index (κ2) is 4.48. The molecule has 0 aromatic rings. The van der Waals surface area contributed by atoms with Gasteiger partial charge in [-0.2, -0.15) is 0 Å². The largest absolute Gasteiger partial charge is 0.349 e. The van der Waals surface area contributed by atoms with E-state index in [1.807, 2.05) is 13.8 Å². The summed E-state index contributed by atoms with van der Waals surface area (Å²) in [6, 6.07) is 0. The minimum absolute atomic E-state index is 0.202. The molecule has 100 valence electrons. The zero-order valence-corrected chi connectivity index (χ0v) is 11.1. The lowest BCUT2D eigenvalue weighted by Gasteiger charge is -2.48. The summed E-state index contributed by atoms with van der Waals surface area (Å²) >= 11 is 0. The fourth-order valence-corrected chi connectivity index (χ4v) is 1.84. The standard InChI is InChI=1S/C12H22O5/c1-5-10(2)14-6-12(7-15-10)8-16-11(3,13-4)17-9-12/h5-9H2,1-4H3. The Morgan fingerprint density at radius 2 is 1.41 bits per heavy atom. The van der Waals surface area contributed by atoms with Gasteiger partial charge in [-0.15, -0.1) is 0 Å². The van der Waals surface area contributed by atoms with Crippen molar-refractivity contribution >= 4 is 0 Å². The van der Waals surface area contributed by atoms with Crippen LogP contribution in [0, 0.1) is 5.41 Å². The molecule has 0 aliphatic carbocycles. The van der Waals surface area contributed by atoms with Crippen LogP contribution in [0.2, 0.25) is 0 Å². The van der Waals surface area contributed by atoms with E-state index in [1.165, 1.54) is 0 Å². The van der Waals surface area contributed by atoms with Gasteiger partial charge in [-0.1, -0.05) is 6.92 Å². The maximum absolute atomic E-state index is 5.79. The van der Waals surface area contributed by atoms with Crippen LogP contribution in [-0.2, 0) is 23.7 Å². The molecule has 0 aromatic heterocycles. The molecule has 0 radical (unpaired) electrons. The van der Waals surface area contributed by atoms with Gasteiger partial charge in [0.2, 0.25) is 0 Å². The molecule has 2 aliphatic rings. The molecule has 0 N–H and O–H groups in total. The molecule has 5 nitrogen and oxygen atoms in total. The molecule has 0 saturated carbocycles. The van der Waals surface area contributed by atoms with Crippen LogP contribution >= 0.6 is 0 Å². The van der Waals surface area contributed by atoms with Crippen molar-refractivity contribution in [1.29, 1.82) is 0 Å². The van der Waals surface area contributed by atoms with Crippen LogP contribution < -0.4 is 0 Å². The van der Waals surface area contributed by atoms with E-state index in [2.05, 4.69) is 0 Å². The normalized spacial score (nSPS) is 47.3. The third-order valence-electron chi connectivity index (χ3n) is 3.66. The van der Waals surface area contributed by atoms with Crippen molar-refractivity contribution in [2.24, 2.45) is 5.41 Å². The van der Waals surface area contributed by atoms with Gasteiger partial charge in [0.1, 0.15) is 0 Å². The van der Waals surface area contributed by atoms with E-state index in [4.69, 9.17) is 23.7 Å². The molecule has 0 atom stereocenters. The van der Waals surface area contributed by atoms with Gasteiger partial charge < -0.3 is 23.7 Å². The molecule has 2 fully saturated rings. The zero-order chi connectivity index (χ0) is 12.6. The summed E-state index contributed by atoms with van der Waals surface area (Å²) in [6.45, 7) is 8.01. The van der Waals surface area contributed by atoms with Gasteiger partial charge in [0, 0.05) is 14.0 Å². The van der Waals surface area contributed by atoms with Gasteiger partial charge in [-0.3, -0.25) is 0 Å². The first-order chi connectivity index (χ1) is 7.95. The fourth-order valence-electron chi connectivity index (χ4n) is 1.84. The van der Waals surface area contributed by atoms with Gasteiger partial charge in [0.05, 0.1) is 31.8 Å². The van der Waals surface area contributed by atoms with Crippen molar-refractivity contribution in [1.82, 2.24) is 0 Å². The molecule has 0 unspecified atom stereocenters. The van der Waals surface area contributed by atoms with E-state index < -0.39 is 11.8 Å². The Balaban J connectivity index is 1.93. The fraction of sp³-hybridized carbons (Fsp3) is 1.00. The highest BCUT2D eigenvalue weighted by Gasteiger charge is 2.48. The summed E-state index contributed by atoms with van der Waals surface area (Å²) in [7, 11) is 1.57. The van der Waals surface area contributed by atoms with Gasteiger partial charge in [0.15, 0.2) is 5.79 Å². The first-order valence-electron chi connectivity index (χ1n) is 6.06. The van der Waals surface area contributed by atoms with Crippen LogP contribution in [0.15, 0.2) is 0 Å². The molecule has 2 heterocycles. The quantitative estimate of drug-likeness (QED) is 0.739. The van der Waals surface area contributed by atoms with E-state index in [9.17, 15) is 0 Å². The summed E-state index contributed by atoms with van der Waals surface area (Å²) in [4.78, 5) is 0. The number of methoxy groups -OCH3 is 1. The van der Waals surface area contributed by atoms with Crippen molar-refractivity contribution in [2.75, 3.05) is 33.5 Å². The second-order valence-electron chi connectivity index (χ2n) is 5.21. The lowest BCUT2D eigenvalue weighted by molar-refractivity contribution is -0.424. The summed E-state index contributed by atoms with van der Waals surface area (Å²) in [5, 5.41) is 0. The van der Waals surface area contributed by atoms with Crippen molar-refractivity contribution in [3.8, 4) is 0 Å². The topological polar surface area (TPSA) is 46.2 Å². The Morgan fingerprint density at radius 3 is 1.82 bits per heavy atom. The van der Waals surface area contributed by atoms with E-state index in [0.717, 1.165) is 6.42 Å². The molecule has 1 spiro atoms. The molecule has 5 heteroatoms. The maximum atomic E-state index is 5.79. The highest BCUT2D eigenvalue weighted by Crippen LogP contribution is 2.37. The molecule has 2 rings (SSSR count). The van der Waals surface area contributed by atoms with Crippen molar-refractivity contribution in [2.45, 2.75) is 39.0 Å². The smallest absolute Gasteiger partial charge is 0.279 e. The predicted octanol–water partition coefficient (Wildman–Crippen LogP) is 1.51. The number of rotatable bonds is 2. The molecule has 0 amide bonds. The first kappa shape index (κ1) is 13.2. The molecular weight excluding hydrogens is 224 g/mol. The summed E-state index contributed by atoms with van der Waals surface area (Å²) < 4.78 is 27.9. The minimum Gasteiger partial charge on any atom is -0.349 e. The SMILES string of the molecule is CCC1(C)OCC2(CO1)COC(C)(OC)OC2. The molecule has 0 bridgehead atoms. The molecule has 2 saturated heterocycles. The van der Waals surface area contributed by atoms with Crippen LogP contribution in [-0.4, -0.2) is 45.3 Å². The van der Waals surface area contributed by atoms with Crippen molar-refractivity contribution < 1.29 is 23.7 Å². The molecule has 17 heavy (non-hydrogen) atoms. The predicted molar refractivity (Wildman–Crippen MR) is 60.4 cm³/mol. The van der Waals surface area contributed by atoms with Crippen LogP contribution in [0.4, 0.5) is 0 Å². The van der Waals surface area contributed by atoms with Crippen molar-refractivity contribution in [3.05, 3.63) is 0 Å². The Labute approximate surface area is 102 Å². The lowest BCUT2D eigenvalue weighted by atomic mass is 9.90. The van der Waals surface area contributed by atoms with Crippen LogP contribution in [0.1, 0.15) is 27.2 Å². The van der Waals surface area contributed by atoms with E-state index in [0.29, 0.717) is 26.4 Å². The van der Waals surface area contributed by atoms with Gasteiger partial charge >= 0.3 is 0 Å². The van der Waals surface area contributed by atoms with Gasteiger partial charge in [0.25, 0.3) is 5.97 Å². The number of hydrogen-bond donors (Lipinski definition) is 0. The molecule has 0 aromatic carbocycles. The monoisotopic (exact) mass is 246 g/mol. The van der Waals surface area contributed by atoms with Crippen molar-refractivity contribution in [3.63, 3.8) is 0 Å². The Kier molecular flexibility index (Phi) is 3.49. The van der Waals surface area contributed by atoms with Gasteiger partial charge in [-0.25, -0.2) is 0 Å². The number of ether oxygens (including phenoxy) is 5.